The van der Waals surface area contributed by atoms with Crippen molar-refractivity contribution in [2.24, 2.45) is 11.1 Å². The van der Waals surface area contributed by atoms with Gasteiger partial charge in [0.15, 0.2) is 0 Å². The molecule has 1 atom stereocenters. The largest absolute Gasteiger partial charge is 0.339 e. The van der Waals surface area contributed by atoms with Gasteiger partial charge in [-0.25, -0.2) is 0 Å². The van der Waals surface area contributed by atoms with Gasteiger partial charge < -0.3 is 15.5 Å². The number of carbonyl (C=O) groups is 1. The first kappa shape index (κ1) is 19.9. The van der Waals surface area contributed by atoms with E-state index in [2.05, 4.69) is 47.2 Å². The van der Waals surface area contributed by atoms with Crippen LogP contribution in [0, 0.1) is 5.41 Å². The predicted octanol–water partition coefficient (Wildman–Crippen LogP) is 1.64. The number of amides is 1. The first-order valence-corrected chi connectivity index (χ1v) is 9.26. The van der Waals surface area contributed by atoms with Crippen LogP contribution in [0.4, 0.5) is 0 Å². The number of carbonyl (C=O) groups excluding carboxylic acids is 1. The Kier molecular flexibility index (Phi) is 6.99. The lowest BCUT2D eigenvalue weighted by atomic mass is 9.86. The van der Waals surface area contributed by atoms with Crippen LogP contribution >= 0.6 is 0 Å². The lowest BCUT2D eigenvalue weighted by Crippen LogP contribution is -2.56. The van der Waals surface area contributed by atoms with E-state index in [4.69, 9.17) is 5.73 Å². The van der Waals surface area contributed by atoms with Gasteiger partial charge in [0.05, 0.1) is 6.04 Å². The van der Waals surface area contributed by atoms with Gasteiger partial charge >= 0.3 is 0 Å². The zero-order valence-corrected chi connectivity index (χ0v) is 16.2. The van der Waals surface area contributed by atoms with Gasteiger partial charge in [0, 0.05) is 45.8 Å². The monoisotopic (exact) mass is 346 g/mol. The molecule has 1 aliphatic rings. The lowest BCUT2D eigenvalue weighted by Gasteiger charge is -2.38. The molecule has 0 aromatic heterocycles. The summed E-state index contributed by atoms with van der Waals surface area (Å²) < 4.78 is 0. The third kappa shape index (κ3) is 6.10. The van der Waals surface area contributed by atoms with E-state index in [1.54, 1.807) is 0 Å². The number of nitrogens with zero attached hydrogens (tertiary/aromatic N) is 3. The number of piperazine rings is 1. The van der Waals surface area contributed by atoms with Gasteiger partial charge in [0.2, 0.25) is 5.91 Å². The molecule has 1 heterocycles. The number of likely N-dealkylation sites (N-methyl/N-ethyl adjacent to an activating group) is 1. The molecule has 1 saturated heterocycles. The summed E-state index contributed by atoms with van der Waals surface area (Å²) in [6.45, 7) is 12.5. The van der Waals surface area contributed by atoms with Crippen LogP contribution in [0.25, 0.3) is 0 Å². The smallest absolute Gasteiger partial charge is 0.240 e. The summed E-state index contributed by atoms with van der Waals surface area (Å²) in [5, 5.41) is 0. The second kappa shape index (κ2) is 8.79. The summed E-state index contributed by atoms with van der Waals surface area (Å²) >= 11 is 0. The van der Waals surface area contributed by atoms with E-state index in [9.17, 15) is 4.79 Å². The van der Waals surface area contributed by atoms with Crippen molar-refractivity contribution in [3.63, 3.8) is 0 Å². The Hall–Kier alpha value is -1.43. The van der Waals surface area contributed by atoms with E-state index in [1.165, 1.54) is 5.56 Å². The lowest BCUT2D eigenvalue weighted by molar-refractivity contribution is -0.136. The molecule has 2 N–H and O–H groups in total. The third-order valence-electron chi connectivity index (χ3n) is 4.98. The molecule has 2 rings (SSSR count). The molecule has 1 aromatic rings. The summed E-state index contributed by atoms with van der Waals surface area (Å²) in [7, 11) is 2.16. The maximum atomic E-state index is 12.5. The number of benzene rings is 1. The molecular weight excluding hydrogens is 312 g/mol. The van der Waals surface area contributed by atoms with E-state index >= 15 is 0 Å². The zero-order valence-electron chi connectivity index (χ0n) is 16.2. The van der Waals surface area contributed by atoms with Gasteiger partial charge in [-0.2, -0.15) is 0 Å². The maximum absolute atomic E-state index is 12.5. The second-order valence-corrected chi connectivity index (χ2v) is 8.23. The van der Waals surface area contributed by atoms with E-state index in [-0.39, 0.29) is 11.3 Å². The average Bonchev–Trinajstić information content (AvgIpc) is 2.59. The third-order valence-corrected chi connectivity index (χ3v) is 4.98. The maximum Gasteiger partial charge on any atom is 0.240 e. The Morgan fingerprint density at radius 2 is 1.76 bits per heavy atom. The molecule has 1 aromatic carbocycles. The Labute approximate surface area is 152 Å². The van der Waals surface area contributed by atoms with Crippen molar-refractivity contribution >= 4 is 5.91 Å². The van der Waals surface area contributed by atoms with Crippen LogP contribution in [-0.2, 0) is 11.3 Å². The number of rotatable bonds is 6. The van der Waals surface area contributed by atoms with Gasteiger partial charge in [0.1, 0.15) is 0 Å². The SMILES string of the molecule is CN(CCN1CCN(C(=O)[C@@H](N)C(C)(C)C)CC1)Cc1ccccc1. The van der Waals surface area contributed by atoms with Crippen LogP contribution in [0.5, 0.6) is 0 Å². The average molecular weight is 347 g/mol. The summed E-state index contributed by atoms with van der Waals surface area (Å²) in [6.07, 6.45) is 0. The molecule has 0 aliphatic carbocycles. The van der Waals surface area contributed by atoms with Crippen LogP contribution in [-0.4, -0.2) is 73.0 Å². The van der Waals surface area contributed by atoms with Gasteiger partial charge in [-0.1, -0.05) is 51.1 Å². The molecule has 1 amide bonds. The molecule has 0 saturated carbocycles. The number of nitrogens with two attached hydrogens (primary N) is 1. The highest BCUT2D eigenvalue weighted by atomic mass is 16.2. The standard InChI is InChI=1S/C20H34N4O/c1-20(2,3)18(21)19(25)24-14-12-23(13-15-24)11-10-22(4)16-17-8-6-5-7-9-17/h5-9,18H,10-16,21H2,1-4H3/t18-/m1/s1. The minimum absolute atomic E-state index is 0.0911. The molecule has 0 unspecified atom stereocenters. The molecule has 25 heavy (non-hydrogen) atoms. The highest BCUT2D eigenvalue weighted by molar-refractivity contribution is 5.82. The van der Waals surface area contributed by atoms with Crippen molar-refractivity contribution in [3.05, 3.63) is 35.9 Å². The topological polar surface area (TPSA) is 52.8 Å². The minimum Gasteiger partial charge on any atom is -0.339 e. The quantitative estimate of drug-likeness (QED) is 0.851. The summed E-state index contributed by atoms with van der Waals surface area (Å²) in [5.74, 6) is 0.0911. The number of hydrogen-bond acceptors (Lipinski definition) is 4. The Bertz CT molecular complexity index is 532. The Morgan fingerprint density at radius 1 is 1.16 bits per heavy atom. The van der Waals surface area contributed by atoms with Crippen molar-refractivity contribution in [1.82, 2.24) is 14.7 Å². The molecule has 1 fully saturated rings. The molecule has 5 heteroatoms. The molecule has 5 nitrogen and oxygen atoms in total. The van der Waals surface area contributed by atoms with Crippen molar-refractivity contribution < 1.29 is 4.79 Å². The van der Waals surface area contributed by atoms with Crippen molar-refractivity contribution in [2.75, 3.05) is 46.3 Å². The van der Waals surface area contributed by atoms with E-state index < -0.39 is 6.04 Å². The van der Waals surface area contributed by atoms with Crippen LogP contribution < -0.4 is 5.73 Å². The van der Waals surface area contributed by atoms with Gasteiger partial charge in [-0.3, -0.25) is 9.69 Å². The van der Waals surface area contributed by atoms with Gasteiger partial charge in [-0.15, -0.1) is 0 Å². The fraction of sp³-hybridized carbons (Fsp3) is 0.650. The minimum atomic E-state index is -0.420. The zero-order chi connectivity index (χ0) is 18.4. The normalized spacial score (nSPS) is 17.8. The summed E-state index contributed by atoms with van der Waals surface area (Å²) in [6, 6.07) is 10.1. The van der Waals surface area contributed by atoms with Gasteiger partial charge in [-0.05, 0) is 18.0 Å². The summed E-state index contributed by atoms with van der Waals surface area (Å²) in [5.41, 5.74) is 7.28. The highest BCUT2D eigenvalue weighted by Gasteiger charge is 2.32. The first-order chi connectivity index (χ1) is 11.8. The number of hydrogen-bond donors (Lipinski definition) is 1. The van der Waals surface area contributed by atoms with E-state index in [0.29, 0.717) is 0 Å². The van der Waals surface area contributed by atoms with Gasteiger partial charge in [0.25, 0.3) is 0 Å². The fourth-order valence-corrected chi connectivity index (χ4v) is 3.05. The molecule has 0 spiro atoms. The first-order valence-electron chi connectivity index (χ1n) is 9.26. The molecular formula is C20H34N4O. The van der Waals surface area contributed by atoms with Crippen LogP contribution in [0.3, 0.4) is 0 Å². The fourth-order valence-electron chi connectivity index (χ4n) is 3.05. The van der Waals surface area contributed by atoms with Crippen LogP contribution in [0.1, 0.15) is 26.3 Å². The Balaban J connectivity index is 1.71. The van der Waals surface area contributed by atoms with Crippen LogP contribution in [0.2, 0.25) is 0 Å². The second-order valence-electron chi connectivity index (χ2n) is 8.23. The van der Waals surface area contributed by atoms with Crippen LogP contribution in [0.15, 0.2) is 30.3 Å². The van der Waals surface area contributed by atoms with Crippen molar-refractivity contribution in [1.29, 1.82) is 0 Å². The van der Waals surface area contributed by atoms with Crippen molar-refractivity contribution in [3.8, 4) is 0 Å². The molecule has 1 aliphatic heterocycles. The Morgan fingerprint density at radius 3 is 2.32 bits per heavy atom. The van der Waals surface area contributed by atoms with E-state index in [1.807, 2.05) is 25.7 Å². The van der Waals surface area contributed by atoms with Crippen molar-refractivity contribution in [2.45, 2.75) is 33.4 Å². The predicted molar refractivity (Wildman–Crippen MR) is 103 cm³/mol. The summed E-state index contributed by atoms with van der Waals surface area (Å²) in [4.78, 5) is 19.2. The molecule has 140 valence electrons. The molecule has 0 radical (unpaired) electrons. The highest BCUT2D eigenvalue weighted by Crippen LogP contribution is 2.19. The van der Waals surface area contributed by atoms with E-state index in [0.717, 1.165) is 45.8 Å². The molecule has 0 bridgehead atoms.